The van der Waals surface area contributed by atoms with E-state index in [4.69, 9.17) is 10.3 Å². The standard InChI is InChI=1S/C12H15N5O2/c13-15-12(18)11-9(1-6-19-11)7-16-4-5-17-3-2-14-10(17)8-16/h1-3,6H,4-5,7-8,13H2,(H,15,18). The summed E-state index contributed by atoms with van der Waals surface area (Å²) < 4.78 is 7.31. The Balaban J connectivity index is 1.73. The van der Waals surface area contributed by atoms with Crippen LogP contribution in [0.15, 0.2) is 29.1 Å². The number of nitrogens with two attached hydrogens (primary N) is 1. The lowest BCUT2D eigenvalue weighted by atomic mass is 10.2. The number of nitrogens with one attached hydrogen (secondary N) is 1. The second kappa shape index (κ2) is 4.87. The van der Waals surface area contributed by atoms with Gasteiger partial charge in [0.2, 0.25) is 0 Å². The fourth-order valence-corrected chi connectivity index (χ4v) is 2.32. The summed E-state index contributed by atoms with van der Waals surface area (Å²) in [4.78, 5) is 18.1. The molecule has 1 aliphatic heterocycles. The second-order valence-electron chi connectivity index (χ2n) is 4.50. The van der Waals surface area contributed by atoms with Gasteiger partial charge in [0.25, 0.3) is 0 Å². The molecule has 0 radical (unpaired) electrons. The van der Waals surface area contributed by atoms with Crippen LogP contribution in [0.5, 0.6) is 0 Å². The van der Waals surface area contributed by atoms with E-state index in [1.807, 2.05) is 12.4 Å². The number of nitrogen functional groups attached to an aromatic ring is 1. The van der Waals surface area contributed by atoms with Gasteiger partial charge in [-0.05, 0) is 6.07 Å². The predicted molar refractivity (Wildman–Crippen MR) is 66.7 cm³/mol. The Hall–Kier alpha value is -2.12. The highest BCUT2D eigenvalue weighted by Crippen LogP contribution is 2.17. The first-order valence-electron chi connectivity index (χ1n) is 6.07. The van der Waals surface area contributed by atoms with E-state index in [-0.39, 0.29) is 5.76 Å². The van der Waals surface area contributed by atoms with Crippen LogP contribution in [0.1, 0.15) is 21.9 Å². The van der Waals surface area contributed by atoms with Crippen molar-refractivity contribution in [1.29, 1.82) is 0 Å². The molecule has 0 atom stereocenters. The minimum Gasteiger partial charge on any atom is -0.459 e. The van der Waals surface area contributed by atoms with Gasteiger partial charge in [-0.2, -0.15) is 0 Å². The highest BCUT2D eigenvalue weighted by molar-refractivity contribution is 5.92. The fraction of sp³-hybridized carbons (Fsp3) is 0.333. The molecule has 7 nitrogen and oxygen atoms in total. The highest BCUT2D eigenvalue weighted by atomic mass is 16.3. The maximum Gasteiger partial charge on any atom is 0.301 e. The summed E-state index contributed by atoms with van der Waals surface area (Å²) in [5, 5.41) is 0. The number of rotatable bonds is 3. The van der Waals surface area contributed by atoms with E-state index in [1.54, 1.807) is 6.07 Å². The van der Waals surface area contributed by atoms with Crippen LogP contribution in [0.3, 0.4) is 0 Å². The Morgan fingerprint density at radius 3 is 3.26 bits per heavy atom. The monoisotopic (exact) mass is 261 g/mol. The van der Waals surface area contributed by atoms with Crippen molar-refractivity contribution in [3.63, 3.8) is 0 Å². The molecule has 0 fully saturated rings. The Morgan fingerprint density at radius 1 is 1.53 bits per heavy atom. The summed E-state index contributed by atoms with van der Waals surface area (Å²) >= 11 is 0. The van der Waals surface area contributed by atoms with Crippen LogP contribution in [-0.2, 0) is 19.6 Å². The number of carbonyl (C=O) groups is 1. The minimum absolute atomic E-state index is 0.274. The largest absolute Gasteiger partial charge is 0.459 e. The molecule has 100 valence electrons. The number of amides is 1. The topological polar surface area (TPSA) is 89.3 Å². The SMILES string of the molecule is NNC(=O)c1occc1CN1CCn2ccnc2C1. The van der Waals surface area contributed by atoms with Crippen molar-refractivity contribution < 1.29 is 9.21 Å². The maximum atomic E-state index is 11.5. The van der Waals surface area contributed by atoms with Crippen LogP contribution >= 0.6 is 0 Å². The molecule has 3 rings (SSSR count). The normalized spacial score (nSPS) is 15.2. The summed E-state index contributed by atoms with van der Waals surface area (Å²) in [5.74, 6) is 6.04. The summed E-state index contributed by atoms with van der Waals surface area (Å²) in [7, 11) is 0. The van der Waals surface area contributed by atoms with E-state index >= 15 is 0 Å². The number of carbonyl (C=O) groups excluding carboxylic acids is 1. The smallest absolute Gasteiger partial charge is 0.301 e. The van der Waals surface area contributed by atoms with Crippen LogP contribution < -0.4 is 11.3 Å². The van der Waals surface area contributed by atoms with Crippen LogP contribution in [-0.4, -0.2) is 26.9 Å². The zero-order chi connectivity index (χ0) is 13.2. The average molecular weight is 261 g/mol. The fourth-order valence-electron chi connectivity index (χ4n) is 2.32. The number of hydrogen-bond donors (Lipinski definition) is 2. The van der Waals surface area contributed by atoms with E-state index in [9.17, 15) is 4.79 Å². The second-order valence-corrected chi connectivity index (χ2v) is 4.50. The van der Waals surface area contributed by atoms with Crippen molar-refractivity contribution in [1.82, 2.24) is 19.9 Å². The van der Waals surface area contributed by atoms with Gasteiger partial charge >= 0.3 is 5.91 Å². The Labute approximate surface area is 110 Å². The van der Waals surface area contributed by atoms with Gasteiger partial charge in [0, 0.05) is 37.6 Å². The van der Waals surface area contributed by atoms with Gasteiger partial charge in [0.05, 0.1) is 12.8 Å². The van der Waals surface area contributed by atoms with Crippen LogP contribution in [0.2, 0.25) is 0 Å². The molecule has 1 amide bonds. The lowest BCUT2D eigenvalue weighted by molar-refractivity contribution is 0.0922. The molecule has 0 aromatic carbocycles. The first kappa shape index (κ1) is 11.9. The number of fused-ring (bicyclic) bond motifs is 1. The molecule has 0 bridgehead atoms. The number of hydrogen-bond acceptors (Lipinski definition) is 5. The average Bonchev–Trinajstić information content (AvgIpc) is 3.06. The van der Waals surface area contributed by atoms with Crippen molar-refractivity contribution in [3.05, 3.63) is 41.9 Å². The van der Waals surface area contributed by atoms with Gasteiger partial charge in [0.15, 0.2) is 5.76 Å². The summed E-state index contributed by atoms with van der Waals surface area (Å²) in [6.45, 7) is 3.23. The molecule has 3 heterocycles. The summed E-state index contributed by atoms with van der Waals surface area (Å²) in [6.07, 6.45) is 5.30. The Kier molecular flexibility index (Phi) is 3.06. The van der Waals surface area contributed by atoms with Gasteiger partial charge in [0.1, 0.15) is 5.82 Å². The van der Waals surface area contributed by atoms with E-state index in [0.29, 0.717) is 6.54 Å². The van der Waals surface area contributed by atoms with Gasteiger partial charge in [-0.15, -0.1) is 0 Å². The molecule has 19 heavy (non-hydrogen) atoms. The van der Waals surface area contributed by atoms with Crippen LogP contribution in [0.25, 0.3) is 0 Å². The molecule has 7 heteroatoms. The summed E-state index contributed by atoms with van der Waals surface area (Å²) in [5.41, 5.74) is 2.92. The van der Waals surface area contributed by atoms with E-state index in [1.165, 1.54) is 6.26 Å². The third-order valence-electron chi connectivity index (χ3n) is 3.30. The predicted octanol–water partition coefficient (Wildman–Crippen LogP) is 0.0954. The van der Waals surface area contributed by atoms with Gasteiger partial charge in [-0.3, -0.25) is 15.1 Å². The first-order chi connectivity index (χ1) is 9.28. The molecule has 0 spiro atoms. The van der Waals surface area contributed by atoms with Crippen molar-refractivity contribution >= 4 is 5.91 Å². The van der Waals surface area contributed by atoms with E-state index in [0.717, 1.165) is 31.0 Å². The molecule has 0 aliphatic carbocycles. The molecular weight excluding hydrogens is 246 g/mol. The number of furan rings is 1. The van der Waals surface area contributed by atoms with Gasteiger partial charge in [-0.25, -0.2) is 10.8 Å². The van der Waals surface area contributed by atoms with Crippen molar-refractivity contribution in [3.8, 4) is 0 Å². The number of nitrogens with zero attached hydrogens (tertiary/aromatic N) is 3. The zero-order valence-electron chi connectivity index (χ0n) is 10.4. The quantitative estimate of drug-likeness (QED) is 0.464. The molecule has 3 N–H and O–H groups in total. The van der Waals surface area contributed by atoms with Gasteiger partial charge < -0.3 is 8.98 Å². The summed E-state index contributed by atoms with van der Waals surface area (Å²) in [6, 6.07) is 1.80. The molecule has 0 saturated heterocycles. The molecular formula is C12H15N5O2. The Bertz CT molecular complexity index is 588. The first-order valence-corrected chi connectivity index (χ1v) is 6.07. The molecule has 1 aliphatic rings. The molecule has 0 saturated carbocycles. The molecule has 2 aromatic heterocycles. The number of aromatic nitrogens is 2. The van der Waals surface area contributed by atoms with E-state index in [2.05, 4.69) is 19.9 Å². The lowest BCUT2D eigenvalue weighted by Crippen LogP contribution is -2.34. The highest BCUT2D eigenvalue weighted by Gasteiger charge is 2.20. The van der Waals surface area contributed by atoms with Crippen LogP contribution in [0.4, 0.5) is 0 Å². The lowest BCUT2D eigenvalue weighted by Gasteiger charge is -2.27. The third kappa shape index (κ3) is 2.25. The number of hydrazine groups is 1. The molecule has 2 aromatic rings. The van der Waals surface area contributed by atoms with Crippen molar-refractivity contribution in [2.75, 3.05) is 6.54 Å². The Morgan fingerprint density at radius 2 is 2.42 bits per heavy atom. The third-order valence-corrected chi connectivity index (χ3v) is 3.30. The van der Waals surface area contributed by atoms with Crippen molar-refractivity contribution in [2.45, 2.75) is 19.6 Å². The zero-order valence-corrected chi connectivity index (χ0v) is 10.4. The molecule has 0 unspecified atom stereocenters. The number of imidazole rings is 1. The maximum absolute atomic E-state index is 11.5. The van der Waals surface area contributed by atoms with Crippen LogP contribution in [0, 0.1) is 0 Å². The minimum atomic E-state index is -0.404. The van der Waals surface area contributed by atoms with Crippen molar-refractivity contribution in [2.24, 2.45) is 5.84 Å². The van der Waals surface area contributed by atoms with E-state index < -0.39 is 5.91 Å². The van der Waals surface area contributed by atoms with Gasteiger partial charge in [-0.1, -0.05) is 0 Å².